The van der Waals surface area contributed by atoms with Crippen molar-refractivity contribution in [1.29, 1.82) is 0 Å². The summed E-state index contributed by atoms with van der Waals surface area (Å²) in [7, 11) is 0. The summed E-state index contributed by atoms with van der Waals surface area (Å²) in [6, 6.07) is 2.53. The molecule has 0 fully saturated rings. The average molecular weight is 464 g/mol. The summed E-state index contributed by atoms with van der Waals surface area (Å²) in [5.74, 6) is -3.63. The molecule has 2 rings (SSSR count). The number of amides is 1. The Balaban J connectivity index is 2.57. The minimum atomic E-state index is -0.729. The first kappa shape index (κ1) is 24.9. The second-order valence-electron chi connectivity index (χ2n) is 7.91. The standard InChI is InChI=1S/C21H25N3O7S/c1-10(2)18(25)23-21-22-14(9-32-21)13-7-15(24(28)29)17(31-20(27)12(5)6)16(8-13)30-19(26)11(3)4/h7-12H,1-6H3,(H,22,23,25). The molecule has 32 heavy (non-hydrogen) atoms. The Morgan fingerprint density at radius 2 is 1.59 bits per heavy atom. The third-order valence-electron chi connectivity index (χ3n) is 4.14. The summed E-state index contributed by atoms with van der Waals surface area (Å²) in [4.78, 5) is 51.6. The number of nitro groups is 1. The van der Waals surface area contributed by atoms with Gasteiger partial charge in [0, 0.05) is 22.9 Å². The number of carbonyl (C=O) groups excluding carboxylic acids is 3. The van der Waals surface area contributed by atoms with Crippen LogP contribution in [-0.4, -0.2) is 27.8 Å². The van der Waals surface area contributed by atoms with Crippen molar-refractivity contribution in [3.63, 3.8) is 0 Å². The SMILES string of the molecule is CC(C)C(=O)Nc1nc(-c2cc(OC(=O)C(C)C)c(OC(=O)C(C)C)c([N+](=O)[O-])c2)cs1. The molecule has 2 aromatic rings. The van der Waals surface area contributed by atoms with E-state index in [1.165, 1.54) is 12.1 Å². The quantitative estimate of drug-likeness (QED) is 0.262. The summed E-state index contributed by atoms with van der Waals surface area (Å²) >= 11 is 1.14. The lowest BCUT2D eigenvalue weighted by atomic mass is 10.1. The summed E-state index contributed by atoms with van der Waals surface area (Å²) in [5, 5.41) is 16.3. The van der Waals surface area contributed by atoms with Crippen LogP contribution in [0.15, 0.2) is 17.5 Å². The molecular weight excluding hydrogens is 438 g/mol. The molecule has 1 heterocycles. The fourth-order valence-electron chi connectivity index (χ4n) is 2.21. The fraction of sp³-hybridized carbons (Fsp3) is 0.429. The number of nitrogens with one attached hydrogen (secondary N) is 1. The van der Waals surface area contributed by atoms with Gasteiger partial charge < -0.3 is 14.8 Å². The van der Waals surface area contributed by atoms with Crippen LogP contribution in [0.1, 0.15) is 41.5 Å². The third-order valence-corrected chi connectivity index (χ3v) is 4.90. The number of esters is 2. The summed E-state index contributed by atoms with van der Waals surface area (Å²) < 4.78 is 10.6. The Morgan fingerprint density at radius 3 is 2.12 bits per heavy atom. The number of ether oxygens (including phenoxy) is 2. The molecule has 0 spiro atoms. The third kappa shape index (κ3) is 6.10. The van der Waals surface area contributed by atoms with Gasteiger partial charge in [-0.1, -0.05) is 41.5 Å². The van der Waals surface area contributed by atoms with Gasteiger partial charge in [0.1, 0.15) is 0 Å². The number of nitro benzene ring substituents is 1. The molecule has 1 N–H and O–H groups in total. The van der Waals surface area contributed by atoms with Crippen molar-refractivity contribution >= 4 is 40.0 Å². The first-order valence-electron chi connectivity index (χ1n) is 9.93. The molecule has 1 aromatic heterocycles. The van der Waals surface area contributed by atoms with Crippen LogP contribution in [-0.2, 0) is 14.4 Å². The zero-order chi connectivity index (χ0) is 24.2. The van der Waals surface area contributed by atoms with Crippen LogP contribution in [0.25, 0.3) is 11.3 Å². The van der Waals surface area contributed by atoms with E-state index in [-0.39, 0.29) is 23.1 Å². The number of rotatable bonds is 8. The fourth-order valence-corrected chi connectivity index (χ4v) is 2.93. The van der Waals surface area contributed by atoms with Crippen LogP contribution < -0.4 is 14.8 Å². The Bertz CT molecular complexity index is 1040. The highest BCUT2D eigenvalue weighted by molar-refractivity contribution is 7.14. The van der Waals surface area contributed by atoms with Crippen LogP contribution >= 0.6 is 11.3 Å². The van der Waals surface area contributed by atoms with Crippen molar-refractivity contribution in [2.75, 3.05) is 5.32 Å². The molecule has 0 aliphatic carbocycles. The van der Waals surface area contributed by atoms with E-state index < -0.39 is 40.1 Å². The van der Waals surface area contributed by atoms with Crippen LogP contribution in [0, 0.1) is 27.9 Å². The maximum atomic E-state index is 12.2. The highest BCUT2D eigenvalue weighted by atomic mass is 32.1. The topological polar surface area (TPSA) is 138 Å². The number of hydrogen-bond acceptors (Lipinski definition) is 9. The first-order valence-corrected chi connectivity index (χ1v) is 10.8. The molecule has 0 aliphatic heterocycles. The lowest BCUT2D eigenvalue weighted by molar-refractivity contribution is -0.385. The molecular formula is C21H25N3O7S. The monoisotopic (exact) mass is 463 g/mol. The Hall–Kier alpha value is -3.34. The Morgan fingerprint density at radius 1 is 1.00 bits per heavy atom. The molecule has 0 aliphatic rings. The minimum Gasteiger partial charge on any atom is -0.422 e. The van der Waals surface area contributed by atoms with Gasteiger partial charge in [-0.25, -0.2) is 4.98 Å². The lowest BCUT2D eigenvalue weighted by Crippen LogP contribution is -2.19. The van der Waals surface area contributed by atoms with Crippen LogP contribution in [0.2, 0.25) is 0 Å². The molecule has 0 saturated carbocycles. The molecule has 0 radical (unpaired) electrons. The molecule has 172 valence electrons. The predicted octanol–water partition coefficient (Wildman–Crippen LogP) is 4.44. The minimum absolute atomic E-state index is 0.223. The number of aromatic nitrogens is 1. The molecule has 11 heteroatoms. The van der Waals surface area contributed by atoms with Crippen molar-refractivity contribution < 1.29 is 28.8 Å². The highest BCUT2D eigenvalue weighted by Crippen LogP contribution is 2.42. The number of carbonyl (C=O) groups is 3. The van der Waals surface area contributed by atoms with Crippen molar-refractivity contribution in [3.8, 4) is 22.8 Å². The normalized spacial score (nSPS) is 11.0. The van der Waals surface area contributed by atoms with E-state index in [1.54, 1.807) is 46.9 Å². The molecule has 0 bridgehead atoms. The first-order chi connectivity index (χ1) is 14.9. The maximum Gasteiger partial charge on any atom is 0.316 e. The molecule has 1 amide bonds. The van der Waals surface area contributed by atoms with Gasteiger partial charge in [-0.15, -0.1) is 11.3 Å². The predicted molar refractivity (Wildman–Crippen MR) is 119 cm³/mol. The number of anilines is 1. The molecule has 1 aromatic carbocycles. The van der Waals surface area contributed by atoms with Gasteiger partial charge in [-0.2, -0.15) is 0 Å². The van der Waals surface area contributed by atoms with Gasteiger partial charge in [0.2, 0.25) is 5.91 Å². The van der Waals surface area contributed by atoms with Crippen molar-refractivity contribution in [2.24, 2.45) is 17.8 Å². The Labute approximate surface area is 189 Å². The van der Waals surface area contributed by atoms with E-state index >= 15 is 0 Å². The molecule has 0 saturated heterocycles. The maximum absolute atomic E-state index is 12.2. The number of benzene rings is 1. The summed E-state index contributed by atoms with van der Waals surface area (Å²) in [5.41, 5.74) is 0.0264. The van der Waals surface area contributed by atoms with Crippen molar-refractivity contribution in [2.45, 2.75) is 41.5 Å². The number of nitrogens with zero attached hydrogens (tertiary/aromatic N) is 2. The number of hydrogen-bond donors (Lipinski definition) is 1. The van der Waals surface area contributed by atoms with E-state index in [4.69, 9.17) is 9.47 Å². The van der Waals surface area contributed by atoms with Gasteiger partial charge in [0.25, 0.3) is 5.75 Å². The highest BCUT2D eigenvalue weighted by Gasteiger charge is 2.29. The van der Waals surface area contributed by atoms with Gasteiger partial charge in [-0.3, -0.25) is 24.5 Å². The number of thiazole rings is 1. The van der Waals surface area contributed by atoms with E-state index in [2.05, 4.69) is 10.3 Å². The van der Waals surface area contributed by atoms with Crippen molar-refractivity contribution in [1.82, 2.24) is 4.98 Å². The summed E-state index contributed by atoms with van der Waals surface area (Å²) in [6.45, 7) is 9.82. The largest absolute Gasteiger partial charge is 0.422 e. The molecule has 10 nitrogen and oxygen atoms in total. The lowest BCUT2D eigenvalue weighted by Gasteiger charge is -2.14. The Kier molecular flexibility index (Phi) is 8.03. The second kappa shape index (κ2) is 10.3. The van der Waals surface area contributed by atoms with Crippen molar-refractivity contribution in [3.05, 3.63) is 27.6 Å². The van der Waals surface area contributed by atoms with Gasteiger partial charge in [0.05, 0.1) is 22.5 Å². The molecule has 0 unspecified atom stereocenters. The van der Waals surface area contributed by atoms with Gasteiger partial charge >= 0.3 is 17.6 Å². The van der Waals surface area contributed by atoms with Gasteiger partial charge in [0.15, 0.2) is 10.9 Å². The second-order valence-corrected chi connectivity index (χ2v) is 8.77. The van der Waals surface area contributed by atoms with Crippen LogP contribution in [0.5, 0.6) is 11.5 Å². The summed E-state index contributed by atoms with van der Waals surface area (Å²) in [6.07, 6.45) is 0. The zero-order valence-corrected chi connectivity index (χ0v) is 19.4. The van der Waals surface area contributed by atoms with Gasteiger partial charge in [-0.05, 0) is 6.07 Å². The molecule has 0 atom stereocenters. The van der Waals surface area contributed by atoms with Crippen LogP contribution in [0.4, 0.5) is 10.8 Å². The van der Waals surface area contributed by atoms with E-state index in [0.29, 0.717) is 10.8 Å². The van der Waals surface area contributed by atoms with Crippen LogP contribution in [0.3, 0.4) is 0 Å². The smallest absolute Gasteiger partial charge is 0.316 e. The van der Waals surface area contributed by atoms with E-state index in [0.717, 1.165) is 11.3 Å². The van der Waals surface area contributed by atoms with E-state index in [1.807, 2.05) is 0 Å². The van der Waals surface area contributed by atoms with E-state index in [9.17, 15) is 24.5 Å². The zero-order valence-electron chi connectivity index (χ0n) is 18.6. The average Bonchev–Trinajstić information content (AvgIpc) is 3.16.